The topological polar surface area (TPSA) is 74.6 Å². The van der Waals surface area contributed by atoms with Crippen molar-refractivity contribution in [1.29, 1.82) is 0 Å². The van der Waals surface area contributed by atoms with Gasteiger partial charge >= 0.3 is 5.97 Å². The normalized spacial score (nSPS) is 10.3. The van der Waals surface area contributed by atoms with E-state index in [0.29, 0.717) is 6.42 Å². The Balaban J connectivity index is 2.72. The number of phenolic OH excluding ortho intramolecular Hbond substituents is 1. The highest BCUT2D eigenvalue weighted by atomic mass is 16.4. The number of carboxylic acid groups (broad SMARTS) is 1. The van der Waals surface area contributed by atoms with E-state index in [1.807, 2.05) is 0 Å². The van der Waals surface area contributed by atoms with Crippen molar-refractivity contribution in [3.05, 3.63) is 29.3 Å². The van der Waals surface area contributed by atoms with E-state index in [4.69, 9.17) is 5.11 Å². The molecule has 0 saturated carbocycles. The summed E-state index contributed by atoms with van der Waals surface area (Å²) in [7, 11) is 0. The van der Waals surface area contributed by atoms with E-state index in [9.17, 15) is 14.7 Å². The molecule has 0 radical (unpaired) electrons. The van der Waals surface area contributed by atoms with Gasteiger partial charge in [-0.15, -0.1) is 0 Å². The van der Waals surface area contributed by atoms with Gasteiger partial charge < -0.3 is 10.2 Å². The molecule has 0 spiro atoms. The van der Waals surface area contributed by atoms with Crippen LogP contribution in [-0.2, 0) is 0 Å². The lowest BCUT2D eigenvalue weighted by molar-refractivity contribution is 0.0697. The van der Waals surface area contributed by atoms with Gasteiger partial charge in [-0.25, -0.2) is 4.79 Å². The molecule has 4 nitrogen and oxygen atoms in total. The average Bonchev–Trinajstić information content (AvgIpc) is 2.34. The maximum atomic E-state index is 11.9. The number of unbranched alkanes of at least 4 members (excludes halogenated alkanes) is 3. The number of ketones is 1. The SMILES string of the molecule is CCCCCCC(=O)c1cc(C(=O)O)ccc1O. The first-order chi connectivity index (χ1) is 8.56. The average molecular weight is 250 g/mol. The van der Waals surface area contributed by atoms with E-state index < -0.39 is 5.97 Å². The summed E-state index contributed by atoms with van der Waals surface area (Å²) in [6.07, 6.45) is 4.25. The molecule has 1 aromatic carbocycles. The van der Waals surface area contributed by atoms with E-state index >= 15 is 0 Å². The molecule has 0 aliphatic carbocycles. The summed E-state index contributed by atoms with van der Waals surface area (Å²) < 4.78 is 0. The molecule has 0 aromatic heterocycles. The van der Waals surface area contributed by atoms with Crippen molar-refractivity contribution in [2.45, 2.75) is 39.0 Å². The molecule has 0 aliphatic rings. The third-order valence-corrected chi connectivity index (χ3v) is 2.80. The Morgan fingerprint density at radius 1 is 1.17 bits per heavy atom. The van der Waals surface area contributed by atoms with Crippen molar-refractivity contribution in [2.75, 3.05) is 0 Å². The molecular weight excluding hydrogens is 232 g/mol. The molecule has 18 heavy (non-hydrogen) atoms. The number of aromatic hydroxyl groups is 1. The highest BCUT2D eigenvalue weighted by Crippen LogP contribution is 2.21. The van der Waals surface area contributed by atoms with E-state index in [-0.39, 0.29) is 22.7 Å². The number of Topliss-reactive ketones (excluding diaryl/α,β-unsaturated/α-hetero) is 1. The summed E-state index contributed by atoms with van der Waals surface area (Å²) in [6.45, 7) is 2.09. The standard InChI is InChI=1S/C14H18O4/c1-2-3-4-5-6-12(15)11-9-10(14(17)18)7-8-13(11)16/h7-9,16H,2-6H2,1H3,(H,17,18). The molecule has 0 fully saturated rings. The molecule has 4 heteroatoms. The largest absolute Gasteiger partial charge is 0.507 e. The van der Waals surface area contributed by atoms with Gasteiger partial charge in [-0.2, -0.15) is 0 Å². The molecule has 1 aromatic rings. The van der Waals surface area contributed by atoms with Crippen LogP contribution in [0.3, 0.4) is 0 Å². The molecular formula is C14H18O4. The molecule has 0 bridgehead atoms. The first-order valence-electron chi connectivity index (χ1n) is 6.15. The highest BCUT2D eigenvalue weighted by Gasteiger charge is 2.14. The van der Waals surface area contributed by atoms with Gasteiger partial charge in [0.15, 0.2) is 5.78 Å². The number of carboxylic acids is 1. The lowest BCUT2D eigenvalue weighted by Crippen LogP contribution is -2.03. The first kappa shape index (κ1) is 14.2. The van der Waals surface area contributed by atoms with Crippen molar-refractivity contribution in [2.24, 2.45) is 0 Å². The van der Waals surface area contributed by atoms with Gasteiger partial charge in [0.05, 0.1) is 11.1 Å². The van der Waals surface area contributed by atoms with Crippen molar-refractivity contribution >= 4 is 11.8 Å². The number of aromatic carboxylic acids is 1. The smallest absolute Gasteiger partial charge is 0.335 e. The van der Waals surface area contributed by atoms with Crippen LogP contribution in [0.4, 0.5) is 0 Å². The highest BCUT2D eigenvalue weighted by molar-refractivity contribution is 6.01. The lowest BCUT2D eigenvalue weighted by atomic mass is 10.0. The van der Waals surface area contributed by atoms with E-state index in [1.54, 1.807) is 0 Å². The summed E-state index contributed by atoms with van der Waals surface area (Å²) in [4.78, 5) is 22.6. The molecule has 0 heterocycles. The monoisotopic (exact) mass is 250 g/mol. The molecule has 0 atom stereocenters. The maximum absolute atomic E-state index is 11.9. The zero-order chi connectivity index (χ0) is 13.5. The predicted molar refractivity (Wildman–Crippen MR) is 68.2 cm³/mol. The van der Waals surface area contributed by atoms with Crippen molar-refractivity contribution in [3.8, 4) is 5.75 Å². The summed E-state index contributed by atoms with van der Waals surface area (Å²) in [5.74, 6) is -1.46. The second kappa shape index (κ2) is 6.79. The molecule has 1 rings (SSSR count). The van der Waals surface area contributed by atoms with Gasteiger partial charge in [0.2, 0.25) is 0 Å². The van der Waals surface area contributed by atoms with Gasteiger partial charge in [0.25, 0.3) is 0 Å². The number of carbonyl (C=O) groups is 2. The second-order valence-electron chi connectivity index (χ2n) is 4.27. The Kier molecular flexibility index (Phi) is 5.36. The van der Waals surface area contributed by atoms with Crippen LogP contribution in [0.15, 0.2) is 18.2 Å². The Bertz CT molecular complexity index is 437. The number of hydrogen-bond donors (Lipinski definition) is 2. The Hall–Kier alpha value is -1.84. The van der Waals surface area contributed by atoms with Crippen molar-refractivity contribution in [1.82, 2.24) is 0 Å². The molecule has 0 amide bonds. The first-order valence-corrected chi connectivity index (χ1v) is 6.15. The molecule has 0 unspecified atom stereocenters. The van der Waals surface area contributed by atoms with E-state index in [1.165, 1.54) is 18.2 Å². The number of carbonyl (C=O) groups excluding carboxylic acids is 1. The van der Waals surface area contributed by atoms with Crippen molar-refractivity contribution in [3.63, 3.8) is 0 Å². The van der Waals surface area contributed by atoms with Crippen LogP contribution in [0.25, 0.3) is 0 Å². The number of hydrogen-bond acceptors (Lipinski definition) is 3. The third kappa shape index (κ3) is 3.87. The van der Waals surface area contributed by atoms with E-state index in [2.05, 4.69) is 6.92 Å². The molecule has 0 aliphatic heterocycles. The predicted octanol–water partition coefficient (Wildman–Crippen LogP) is 3.24. The lowest BCUT2D eigenvalue weighted by Gasteiger charge is -2.05. The molecule has 98 valence electrons. The fourth-order valence-electron chi connectivity index (χ4n) is 1.74. The number of phenols is 1. The summed E-state index contributed by atoms with van der Waals surface area (Å²) in [6, 6.07) is 3.77. The Labute approximate surface area is 106 Å². The minimum atomic E-state index is -1.10. The van der Waals surface area contributed by atoms with Crippen LogP contribution in [0, 0.1) is 0 Å². The zero-order valence-electron chi connectivity index (χ0n) is 10.5. The number of benzene rings is 1. The van der Waals surface area contributed by atoms with Gasteiger partial charge in [-0.05, 0) is 24.6 Å². The fourth-order valence-corrected chi connectivity index (χ4v) is 1.74. The van der Waals surface area contributed by atoms with Gasteiger partial charge in [0.1, 0.15) is 5.75 Å². The van der Waals surface area contributed by atoms with Crippen LogP contribution in [0.1, 0.15) is 59.7 Å². The maximum Gasteiger partial charge on any atom is 0.335 e. The Morgan fingerprint density at radius 3 is 2.50 bits per heavy atom. The van der Waals surface area contributed by atoms with Crippen LogP contribution < -0.4 is 0 Å². The Morgan fingerprint density at radius 2 is 1.89 bits per heavy atom. The van der Waals surface area contributed by atoms with Gasteiger partial charge in [-0.1, -0.05) is 26.2 Å². The molecule has 2 N–H and O–H groups in total. The van der Waals surface area contributed by atoms with Gasteiger partial charge in [0, 0.05) is 6.42 Å². The summed E-state index contributed by atoms with van der Waals surface area (Å²) in [5.41, 5.74) is 0.121. The van der Waals surface area contributed by atoms with E-state index in [0.717, 1.165) is 25.7 Å². The van der Waals surface area contributed by atoms with Crippen LogP contribution in [0.5, 0.6) is 5.75 Å². The van der Waals surface area contributed by atoms with Crippen LogP contribution >= 0.6 is 0 Å². The van der Waals surface area contributed by atoms with Gasteiger partial charge in [-0.3, -0.25) is 4.79 Å². The minimum absolute atomic E-state index is 0.0182. The zero-order valence-corrected chi connectivity index (χ0v) is 10.5. The quantitative estimate of drug-likeness (QED) is 0.575. The fraction of sp³-hybridized carbons (Fsp3) is 0.429. The van der Waals surface area contributed by atoms with Crippen LogP contribution in [0.2, 0.25) is 0 Å². The van der Waals surface area contributed by atoms with Crippen LogP contribution in [-0.4, -0.2) is 22.0 Å². The minimum Gasteiger partial charge on any atom is -0.507 e. The second-order valence-corrected chi connectivity index (χ2v) is 4.27. The number of rotatable bonds is 7. The molecule has 0 saturated heterocycles. The summed E-state index contributed by atoms with van der Waals surface area (Å²) in [5, 5.41) is 18.4. The van der Waals surface area contributed by atoms with Crippen molar-refractivity contribution < 1.29 is 19.8 Å². The third-order valence-electron chi connectivity index (χ3n) is 2.80. The summed E-state index contributed by atoms with van der Waals surface area (Å²) >= 11 is 0.